The van der Waals surface area contributed by atoms with Gasteiger partial charge in [0.25, 0.3) is 0 Å². The Balaban J connectivity index is 1.49. The first-order valence-electron chi connectivity index (χ1n) is 8.42. The van der Waals surface area contributed by atoms with Crippen molar-refractivity contribution in [1.29, 1.82) is 0 Å². The molecule has 1 N–H and O–H groups in total. The Morgan fingerprint density at radius 1 is 1.41 bits per heavy atom. The lowest BCUT2D eigenvalue weighted by molar-refractivity contribution is -0.0151. The quantitative estimate of drug-likeness (QED) is 0.875. The highest BCUT2D eigenvalue weighted by Gasteiger charge is 2.23. The summed E-state index contributed by atoms with van der Waals surface area (Å²) in [5, 5.41) is 10.3. The first-order chi connectivity index (χ1) is 10.7. The second-order valence-electron chi connectivity index (χ2n) is 6.67. The monoisotopic (exact) mass is 305 g/mol. The molecule has 0 spiro atoms. The normalized spacial score (nSPS) is 26.0. The zero-order valence-corrected chi connectivity index (χ0v) is 13.4. The number of β-amino-alcohol motifs (C(OH)–C–C–N with tert-alkyl or cyclic N) is 1. The SMILES string of the molecule is CC1Cc2ccccc2N(CC(O)COCC2CCCO2)C1. The molecule has 3 unspecified atom stereocenters. The summed E-state index contributed by atoms with van der Waals surface area (Å²) >= 11 is 0. The van der Waals surface area contributed by atoms with Crippen LogP contribution in [0.1, 0.15) is 25.3 Å². The van der Waals surface area contributed by atoms with Gasteiger partial charge in [0.15, 0.2) is 0 Å². The minimum Gasteiger partial charge on any atom is -0.389 e. The van der Waals surface area contributed by atoms with Crippen LogP contribution in [-0.2, 0) is 15.9 Å². The fourth-order valence-corrected chi connectivity index (χ4v) is 3.50. The first kappa shape index (κ1) is 15.8. The predicted molar refractivity (Wildman–Crippen MR) is 87.3 cm³/mol. The van der Waals surface area contributed by atoms with E-state index >= 15 is 0 Å². The van der Waals surface area contributed by atoms with Gasteiger partial charge in [-0.3, -0.25) is 0 Å². The van der Waals surface area contributed by atoms with E-state index in [1.807, 2.05) is 0 Å². The van der Waals surface area contributed by atoms with Gasteiger partial charge in [0.05, 0.1) is 25.4 Å². The lowest BCUT2D eigenvalue weighted by atomic mass is 9.94. The second-order valence-corrected chi connectivity index (χ2v) is 6.67. The van der Waals surface area contributed by atoms with E-state index in [9.17, 15) is 5.11 Å². The molecule has 0 saturated carbocycles. The molecule has 3 atom stereocenters. The largest absolute Gasteiger partial charge is 0.389 e. The lowest BCUT2D eigenvalue weighted by Gasteiger charge is -2.36. The fraction of sp³-hybridized carbons (Fsp3) is 0.667. The molecule has 1 fully saturated rings. The Hall–Kier alpha value is -1.10. The Labute approximate surface area is 133 Å². The highest BCUT2D eigenvalue weighted by atomic mass is 16.5. The standard InChI is InChI=1S/C18H27NO3/c1-14-9-15-5-2-3-7-18(15)19(10-14)11-16(20)12-21-13-17-6-4-8-22-17/h2-3,5,7,14,16-17,20H,4,6,8-13H2,1H3. The lowest BCUT2D eigenvalue weighted by Crippen LogP contribution is -2.41. The summed E-state index contributed by atoms with van der Waals surface area (Å²) in [5.41, 5.74) is 2.65. The van der Waals surface area contributed by atoms with Gasteiger partial charge in [-0.25, -0.2) is 0 Å². The third kappa shape index (κ3) is 4.00. The number of anilines is 1. The van der Waals surface area contributed by atoms with Gasteiger partial charge in [-0.2, -0.15) is 0 Å². The summed E-state index contributed by atoms with van der Waals surface area (Å²) in [7, 11) is 0. The van der Waals surface area contributed by atoms with Gasteiger partial charge in [0.2, 0.25) is 0 Å². The Morgan fingerprint density at radius 3 is 3.09 bits per heavy atom. The van der Waals surface area contributed by atoms with Crippen molar-refractivity contribution >= 4 is 5.69 Å². The average Bonchev–Trinajstić information content (AvgIpc) is 3.00. The molecule has 1 aromatic rings. The van der Waals surface area contributed by atoms with E-state index in [-0.39, 0.29) is 6.10 Å². The van der Waals surface area contributed by atoms with E-state index in [0.717, 1.165) is 32.4 Å². The number of aliphatic hydroxyl groups excluding tert-OH is 1. The van der Waals surface area contributed by atoms with E-state index in [1.54, 1.807) is 0 Å². The van der Waals surface area contributed by atoms with Crippen molar-refractivity contribution in [3.05, 3.63) is 29.8 Å². The van der Waals surface area contributed by atoms with Crippen LogP contribution < -0.4 is 4.90 Å². The van der Waals surface area contributed by atoms with Gasteiger partial charge in [0, 0.05) is 25.4 Å². The molecule has 2 aliphatic heterocycles. The van der Waals surface area contributed by atoms with Gasteiger partial charge in [-0.15, -0.1) is 0 Å². The van der Waals surface area contributed by atoms with E-state index in [4.69, 9.17) is 9.47 Å². The van der Waals surface area contributed by atoms with Gasteiger partial charge in [-0.05, 0) is 36.8 Å². The molecule has 1 saturated heterocycles. The summed E-state index contributed by atoms with van der Waals surface area (Å²) in [5.74, 6) is 0.620. The van der Waals surface area contributed by atoms with Crippen LogP contribution in [0.3, 0.4) is 0 Å². The zero-order valence-electron chi connectivity index (χ0n) is 13.4. The van der Waals surface area contributed by atoms with Crippen LogP contribution in [-0.4, -0.2) is 50.2 Å². The minimum absolute atomic E-state index is 0.225. The molecule has 4 nitrogen and oxygen atoms in total. The van der Waals surface area contributed by atoms with Crippen molar-refractivity contribution in [3.63, 3.8) is 0 Å². The topological polar surface area (TPSA) is 41.9 Å². The molecule has 4 heteroatoms. The van der Waals surface area contributed by atoms with Gasteiger partial charge >= 0.3 is 0 Å². The summed E-state index contributed by atoms with van der Waals surface area (Å²) in [6, 6.07) is 8.51. The van der Waals surface area contributed by atoms with Crippen molar-refractivity contribution < 1.29 is 14.6 Å². The highest BCUT2D eigenvalue weighted by Crippen LogP contribution is 2.29. The molecule has 22 heavy (non-hydrogen) atoms. The average molecular weight is 305 g/mol. The number of fused-ring (bicyclic) bond motifs is 1. The van der Waals surface area contributed by atoms with Crippen LogP contribution in [0.2, 0.25) is 0 Å². The molecular weight excluding hydrogens is 278 g/mol. The van der Waals surface area contributed by atoms with E-state index in [2.05, 4.69) is 36.1 Å². The molecule has 2 heterocycles. The molecule has 0 bridgehead atoms. The number of hydrogen-bond donors (Lipinski definition) is 1. The zero-order chi connectivity index (χ0) is 15.4. The maximum atomic E-state index is 10.3. The Morgan fingerprint density at radius 2 is 2.27 bits per heavy atom. The summed E-state index contributed by atoms with van der Waals surface area (Å²) in [4.78, 5) is 2.30. The number of benzene rings is 1. The van der Waals surface area contributed by atoms with Crippen molar-refractivity contribution in [2.24, 2.45) is 5.92 Å². The van der Waals surface area contributed by atoms with Crippen LogP contribution in [0, 0.1) is 5.92 Å². The number of rotatable bonds is 6. The van der Waals surface area contributed by atoms with Crippen molar-refractivity contribution in [1.82, 2.24) is 0 Å². The van der Waals surface area contributed by atoms with Gasteiger partial charge in [0.1, 0.15) is 0 Å². The van der Waals surface area contributed by atoms with Crippen LogP contribution in [0.5, 0.6) is 0 Å². The smallest absolute Gasteiger partial charge is 0.0948 e. The number of hydrogen-bond acceptors (Lipinski definition) is 4. The summed E-state index contributed by atoms with van der Waals surface area (Å²) in [6.07, 6.45) is 3.09. The van der Waals surface area contributed by atoms with Crippen LogP contribution in [0.15, 0.2) is 24.3 Å². The fourth-order valence-electron chi connectivity index (χ4n) is 3.50. The summed E-state index contributed by atoms with van der Waals surface area (Å²) in [6.45, 7) is 5.73. The predicted octanol–water partition coefficient (Wildman–Crippen LogP) is 2.24. The number of ether oxygens (including phenoxy) is 2. The number of para-hydroxylation sites is 1. The number of nitrogens with zero attached hydrogens (tertiary/aromatic N) is 1. The maximum absolute atomic E-state index is 10.3. The first-order valence-corrected chi connectivity index (χ1v) is 8.42. The van der Waals surface area contributed by atoms with Crippen LogP contribution in [0.25, 0.3) is 0 Å². The van der Waals surface area contributed by atoms with Crippen LogP contribution in [0.4, 0.5) is 5.69 Å². The van der Waals surface area contributed by atoms with Gasteiger partial charge < -0.3 is 19.5 Å². The third-order valence-electron chi connectivity index (χ3n) is 4.50. The summed E-state index contributed by atoms with van der Waals surface area (Å²) < 4.78 is 11.2. The molecule has 0 amide bonds. The molecule has 1 aromatic carbocycles. The maximum Gasteiger partial charge on any atom is 0.0948 e. The number of aliphatic hydroxyl groups is 1. The molecule has 3 rings (SSSR count). The van der Waals surface area contributed by atoms with E-state index < -0.39 is 6.10 Å². The molecule has 0 aliphatic carbocycles. The van der Waals surface area contributed by atoms with Crippen molar-refractivity contribution in [2.45, 2.75) is 38.4 Å². The minimum atomic E-state index is -0.459. The highest BCUT2D eigenvalue weighted by molar-refractivity contribution is 5.55. The molecule has 2 aliphatic rings. The van der Waals surface area contributed by atoms with Gasteiger partial charge in [-0.1, -0.05) is 25.1 Å². The van der Waals surface area contributed by atoms with Crippen LogP contribution >= 0.6 is 0 Å². The van der Waals surface area contributed by atoms with Crippen molar-refractivity contribution in [2.75, 3.05) is 37.8 Å². The molecule has 0 radical (unpaired) electrons. The second kappa shape index (κ2) is 7.44. The van der Waals surface area contributed by atoms with E-state index in [1.165, 1.54) is 11.3 Å². The molecule has 0 aromatic heterocycles. The van der Waals surface area contributed by atoms with Crippen molar-refractivity contribution in [3.8, 4) is 0 Å². The van der Waals surface area contributed by atoms with E-state index in [0.29, 0.717) is 25.7 Å². The molecular formula is C18H27NO3. The third-order valence-corrected chi connectivity index (χ3v) is 4.50. The molecule has 122 valence electrons. The Kier molecular flexibility index (Phi) is 5.34. The Bertz CT molecular complexity index is 473.